The van der Waals surface area contributed by atoms with Crippen molar-refractivity contribution < 1.29 is 9.53 Å². The maximum Gasteiger partial charge on any atom is 0.339 e. The van der Waals surface area contributed by atoms with Gasteiger partial charge >= 0.3 is 5.97 Å². The van der Waals surface area contributed by atoms with Gasteiger partial charge < -0.3 is 9.72 Å². The molecule has 0 saturated heterocycles. The van der Waals surface area contributed by atoms with Crippen molar-refractivity contribution in [2.75, 3.05) is 0 Å². The Hall–Kier alpha value is -2.95. The van der Waals surface area contributed by atoms with E-state index >= 15 is 0 Å². The highest BCUT2D eigenvalue weighted by Gasteiger charge is 2.15. The first-order valence-corrected chi connectivity index (χ1v) is 7.68. The summed E-state index contributed by atoms with van der Waals surface area (Å²) in [7, 11) is 0. The largest absolute Gasteiger partial charge is 0.454 e. The van der Waals surface area contributed by atoms with Gasteiger partial charge in [-0.3, -0.25) is 4.79 Å². The molecule has 0 atom stereocenters. The number of fused-ring (bicyclic) bond motifs is 1. The molecule has 2 aromatic carbocycles. The first-order chi connectivity index (χ1) is 11.5. The molecule has 3 rings (SSSR count). The van der Waals surface area contributed by atoms with E-state index in [0.717, 1.165) is 16.7 Å². The molecule has 0 bridgehead atoms. The third kappa shape index (κ3) is 3.06. The first kappa shape index (κ1) is 15.9. The van der Waals surface area contributed by atoms with E-state index in [0.29, 0.717) is 22.3 Å². The predicted molar refractivity (Wildman–Crippen MR) is 92.1 cm³/mol. The van der Waals surface area contributed by atoms with Crippen molar-refractivity contribution in [3.63, 3.8) is 0 Å². The van der Waals surface area contributed by atoms with E-state index in [1.54, 1.807) is 18.2 Å². The van der Waals surface area contributed by atoms with Crippen LogP contribution in [-0.4, -0.2) is 15.9 Å². The Labute approximate surface area is 139 Å². The Morgan fingerprint density at radius 3 is 2.50 bits per heavy atom. The highest BCUT2D eigenvalue weighted by molar-refractivity contribution is 5.92. The van der Waals surface area contributed by atoms with Crippen LogP contribution in [0.5, 0.6) is 0 Å². The summed E-state index contributed by atoms with van der Waals surface area (Å²) < 4.78 is 5.35. The second kappa shape index (κ2) is 6.28. The molecule has 5 heteroatoms. The number of nitrogens with one attached hydrogen (secondary N) is 1. The molecule has 1 aromatic heterocycles. The lowest BCUT2D eigenvalue weighted by Gasteiger charge is -2.11. The van der Waals surface area contributed by atoms with Gasteiger partial charge in [-0.25, -0.2) is 9.78 Å². The molecule has 0 fully saturated rings. The van der Waals surface area contributed by atoms with Crippen molar-refractivity contribution in [2.24, 2.45) is 0 Å². The second-order valence-corrected chi connectivity index (χ2v) is 5.88. The van der Waals surface area contributed by atoms with Crippen molar-refractivity contribution in [2.45, 2.75) is 27.4 Å². The van der Waals surface area contributed by atoms with Crippen LogP contribution >= 0.6 is 0 Å². The van der Waals surface area contributed by atoms with Crippen molar-refractivity contribution in [1.82, 2.24) is 9.97 Å². The van der Waals surface area contributed by atoms with Gasteiger partial charge in [0, 0.05) is 0 Å². The van der Waals surface area contributed by atoms with E-state index in [2.05, 4.69) is 9.97 Å². The van der Waals surface area contributed by atoms with Crippen LogP contribution in [0.3, 0.4) is 0 Å². The van der Waals surface area contributed by atoms with Gasteiger partial charge in [0.05, 0.1) is 16.5 Å². The summed E-state index contributed by atoms with van der Waals surface area (Å²) in [4.78, 5) is 31.4. The zero-order valence-electron chi connectivity index (χ0n) is 13.8. The predicted octanol–water partition coefficient (Wildman–Crippen LogP) is 3.21. The molecule has 0 aliphatic carbocycles. The Morgan fingerprint density at radius 2 is 1.79 bits per heavy atom. The standard InChI is InChI=1S/C19H18N2O3/c1-11-8-12(2)17(13(3)9-11)19(23)24-10-16-20-15-7-5-4-6-14(15)18(22)21-16/h4-9H,10H2,1-3H3,(H,20,21,22). The van der Waals surface area contributed by atoms with Gasteiger partial charge in [-0.1, -0.05) is 29.8 Å². The van der Waals surface area contributed by atoms with Gasteiger partial charge in [-0.15, -0.1) is 0 Å². The lowest BCUT2D eigenvalue weighted by atomic mass is 10.00. The van der Waals surface area contributed by atoms with Crippen molar-refractivity contribution in [3.8, 4) is 0 Å². The highest BCUT2D eigenvalue weighted by atomic mass is 16.5. The molecule has 0 aliphatic heterocycles. The molecule has 122 valence electrons. The van der Waals surface area contributed by atoms with Crippen LogP contribution in [-0.2, 0) is 11.3 Å². The Morgan fingerprint density at radius 1 is 1.12 bits per heavy atom. The molecule has 1 N–H and O–H groups in total. The fourth-order valence-corrected chi connectivity index (χ4v) is 2.91. The number of carbonyl (C=O) groups excluding carboxylic acids is 1. The molecular formula is C19H18N2O3. The van der Waals surface area contributed by atoms with Gasteiger partial charge in [-0.2, -0.15) is 0 Å². The number of rotatable bonds is 3. The molecule has 5 nitrogen and oxygen atoms in total. The minimum absolute atomic E-state index is 0.0777. The molecule has 1 heterocycles. The Kier molecular flexibility index (Phi) is 4.16. The number of aryl methyl sites for hydroxylation is 3. The molecular weight excluding hydrogens is 304 g/mol. The molecule has 3 aromatic rings. The summed E-state index contributed by atoms with van der Waals surface area (Å²) in [5.74, 6) is -0.0877. The van der Waals surface area contributed by atoms with Crippen LogP contribution in [0.15, 0.2) is 41.2 Å². The summed E-state index contributed by atoms with van der Waals surface area (Å²) in [5.41, 5.74) is 3.74. The van der Waals surface area contributed by atoms with Crippen LogP contribution in [0.2, 0.25) is 0 Å². The Balaban J connectivity index is 1.84. The SMILES string of the molecule is Cc1cc(C)c(C(=O)OCc2nc3ccccc3c(=O)[nH]2)c(C)c1. The van der Waals surface area contributed by atoms with E-state index in [4.69, 9.17) is 4.74 Å². The van der Waals surface area contributed by atoms with E-state index in [9.17, 15) is 9.59 Å². The normalized spacial score (nSPS) is 10.8. The number of benzene rings is 2. The average Bonchev–Trinajstić information content (AvgIpc) is 2.52. The van der Waals surface area contributed by atoms with Crippen molar-refractivity contribution in [3.05, 3.63) is 74.8 Å². The maximum atomic E-state index is 12.4. The molecule has 0 aliphatic rings. The highest BCUT2D eigenvalue weighted by Crippen LogP contribution is 2.18. The van der Waals surface area contributed by atoms with Crippen LogP contribution in [0, 0.1) is 20.8 Å². The quantitative estimate of drug-likeness (QED) is 0.752. The molecule has 24 heavy (non-hydrogen) atoms. The third-order valence-corrected chi connectivity index (χ3v) is 3.88. The summed E-state index contributed by atoms with van der Waals surface area (Å²) in [6.45, 7) is 5.67. The summed E-state index contributed by atoms with van der Waals surface area (Å²) in [6, 6.07) is 10.9. The number of esters is 1. The van der Waals surface area contributed by atoms with Gasteiger partial charge in [0.15, 0.2) is 0 Å². The van der Waals surface area contributed by atoms with Crippen LogP contribution < -0.4 is 5.56 Å². The topological polar surface area (TPSA) is 72.0 Å². The molecule has 0 amide bonds. The lowest BCUT2D eigenvalue weighted by Crippen LogP contribution is -2.15. The van der Waals surface area contributed by atoms with Gasteiger partial charge in [-0.05, 0) is 44.0 Å². The number of aromatic amines is 1. The first-order valence-electron chi connectivity index (χ1n) is 7.68. The fraction of sp³-hybridized carbons (Fsp3) is 0.211. The van der Waals surface area contributed by atoms with Crippen LogP contribution in [0.1, 0.15) is 32.9 Å². The second-order valence-electron chi connectivity index (χ2n) is 5.88. The lowest BCUT2D eigenvalue weighted by molar-refractivity contribution is 0.0460. The number of aromatic nitrogens is 2. The smallest absolute Gasteiger partial charge is 0.339 e. The van der Waals surface area contributed by atoms with Gasteiger partial charge in [0.1, 0.15) is 12.4 Å². The monoisotopic (exact) mass is 322 g/mol. The zero-order chi connectivity index (χ0) is 17.3. The van der Waals surface area contributed by atoms with E-state index in [1.807, 2.05) is 39.0 Å². The number of carbonyl (C=O) groups is 1. The van der Waals surface area contributed by atoms with Gasteiger partial charge in [0.25, 0.3) is 5.56 Å². The maximum absolute atomic E-state index is 12.4. The summed E-state index contributed by atoms with van der Waals surface area (Å²) in [5, 5.41) is 0.512. The van der Waals surface area contributed by atoms with Crippen LogP contribution in [0.25, 0.3) is 10.9 Å². The number of hydrogen-bond donors (Lipinski definition) is 1. The van der Waals surface area contributed by atoms with Gasteiger partial charge in [0.2, 0.25) is 0 Å². The third-order valence-electron chi connectivity index (χ3n) is 3.88. The molecule has 0 saturated carbocycles. The average molecular weight is 322 g/mol. The molecule has 0 unspecified atom stereocenters. The number of nitrogens with zero attached hydrogens (tertiary/aromatic N) is 1. The number of para-hydroxylation sites is 1. The van der Waals surface area contributed by atoms with Crippen LogP contribution in [0.4, 0.5) is 0 Å². The molecule has 0 radical (unpaired) electrons. The minimum atomic E-state index is -0.416. The molecule has 0 spiro atoms. The number of ether oxygens (including phenoxy) is 1. The fourth-order valence-electron chi connectivity index (χ4n) is 2.91. The summed E-state index contributed by atoms with van der Waals surface area (Å²) >= 11 is 0. The number of hydrogen-bond acceptors (Lipinski definition) is 4. The van der Waals surface area contributed by atoms with E-state index < -0.39 is 5.97 Å². The minimum Gasteiger partial charge on any atom is -0.454 e. The van der Waals surface area contributed by atoms with Crippen molar-refractivity contribution in [1.29, 1.82) is 0 Å². The van der Waals surface area contributed by atoms with E-state index in [-0.39, 0.29) is 12.2 Å². The van der Waals surface area contributed by atoms with Crippen molar-refractivity contribution >= 4 is 16.9 Å². The zero-order valence-corrected chi connectivity index (χ0v) is 13.8. The summed E-state index contributed by atoms with van der Waals surface area (Å²) in [6.07, 6.45) is 0. The number of H-pyrrole nitrogens is 1. The van der Waals surface area contributed by atoms with E-state index in [1.165, 1.54) is 0 Å². The Bertz CT molecular complexity index is 966.